The minimum atomic E-state index is -0.0390. The Labute approximate surface area is 163 Å². The van der Waals surface area contributed by atoms with Gasteiger partial charge < -0.3 is 14.2 Å². The van der Waals surface area contributed by atoms with Crippen molar-refractivity contribution in [3.05, 3.63) is 60.2 Å². The first kappa shape index (κ1) is 18.2. The molecule has 1 aliphatic heterocycles. The lowest BCUT2D eigenvalue weighted by Crippen LogP contribution is -2.33. The molecule has 7 heteroatoms. The molecule has 2 aromatic heterocycles. The van der Waals surface area contributed by atoms with Crippen molar-refractivity contribution in [1.29, 1.82) is 0 Å². The van der Waals surface area contributed by atoms with Gasteiger partial charge >= 0.3 is 0 Å². The largest absolute Gasteiger partial charge is 0.484 e. The molecule has 0 aliphatic carbocycles. The number of ether oxygens (including phenoxy) is 1. The summed E-state index contributed by atoms with van der Waals surface area (Å²) in [5.41, 5.74) is 1.91. The third kappa shape index (κ3) is 3.88. The SMILES string of the molecule is Cc1cccc(OCC(=O)N2C[C@H](c3nc(-c4cccnc4)no3)[C@@H](C)C2)c1. The van der Waals surface area contributed by atoms with Gasteiger partial charge in [-0.25, -0.2) is 0 Å². The summed E-state index contributed by atoms with van der Waals surface area (Å²) in [7, 11) is 0. The maximum Gasteiger partial charge on any atom is 0.260 e. The van der Waals surface area contributed by atoms with Gasteiger partial charge in [-0.15, -0.1) is 0 Å². The Balaban J connectivity index is 1.39. The second-order valence-corrected chi connectivity index (χ2v) is 7.19. The first-order chi connectivity index (χ1) is 13.6. The van der Waals surface area contributed by atoms with Crippen molar-refractivity contribution in [3.63, 3.8) is 0 Å². The molecular formula is C21H22N4O3. The molecule has 28 heavy (non-hydrogen) atoms. The van der Waals surface area contributed by atoms with Gasteiger partial charge in [-0.05, 0) is 42.7 Å². The molecule has 1 aromatic carbocycles. The zero-order valence-electron chi connectivity index (χ0n) is 15.9. The van der Waals surface area contributed by atoms with Crippen LogP contribution >= 0.6 is 0 Å². The fourth-order valence-corrected chi connectivity index (χ4v) is 3.43. The van der Waals surface area contributed by atoms with E-state index in [1.54, 1.807) is 17.3 Å². The predicted molar refractivity (Wildman–Crippen MR) is 103 cm³/mol. The van der Waals surface area contributed by atoms with E-state index >= 15 is 0 Å². The highest BCUT2D eigenvalue weighted by atomic mass is 16.5. The highest BCUT2D eigenvalue weighted by Crippen LogP contribution is 2.32. The molecule has 0 bridgehead atoms. The normalized spacial score (nSPS) is 19.0. The number of likely N-dealkylation sites (tertiary alicyclic amines) is 1. The number of amides is 1. The molecule has 3 heterocycles. The maximum atomic E-state index is 12.6. The summed E-state index contributed by atoms with van der Waals surface area (Å²) in [6.45, 7) is 5.30. The molecule has 1 amide bonds. The Hall–Kier alpha value is -3.22. The van der Waals surface area contributed by atoms with Crippen LogP contribution in [0.2, 0.25) is 0 Å². The summed E-state index contributed by atoms with van der Waals surface area (Å²) < 4.78 is 11.1. The molecule has 7 nitrogen and oxygen atoms in total. The van der Waals surface area contributed by atoms with E-state index < -0.39 is 0 Å². The molecular weight excluding hydrogens is 356 g/mol. The molecule has 0 radical (unpaired) electrons. The van der Waals surface area contributed by atoms with Crippen molar-refractivity contribution in [2.24, 2.45) is 5.92 Å². The Morgan fingerprint density at radius 3 is 2.96 bits per heavy atom. The minimum Gasteiger partial charge on any atom is -0.484 e. The minimum absolute atomic E-state index is 0.0147. The van der Waals surface area contributed by atoms with E-state index in [9.17, 15) is 4.79 Å². The third-order valence-corrected chi connectivity index (χ3v) is 5.00. The monoisotopic (exact) mass is 378 g/mol. The number of nitrogens with zero attached hydrogens (tertiary/aromatic N) is 4. The van der Waals surface area contributed by atoms with Crippen molar-refractivity contribution in [2.45, 2.75) is 19.8 Å². The average Bonchev–Trinajstić information content (AvgIpc) is 3.34. The van der Waals surface area contributed by atoms with E-state index in [-0.39, 0.29) is 24.3 Å². The van der Waals surface area contributed by atoms with Crippen LogP contribution in [0.1, 0.15) is 24.3 Å². The Morgan fingerprint density at radius 2 is 2.18 bits per heavy atom. The molecule has 2 atom stereocenters. The second kappa shape index (κ2) is 7.80. The van der Waals surface area contributed by atoms with E-state index in [4.69, 9.17) is 9.26 Å². The zero-order chi connectivity index (χ0) is 19.5. The average molecular weight is 378 g/mol. The lowest BCUT2D eigenvalue weighted by atomic mass is 9.98. The summed E-state index contributed by atoms with van der Waals surface area (Å²) >= 11 is 0. The summed E-state index contributed by atoms with van der Waals surface area (Å²) in [6, 6.07) is 11.4. The molecule has 0 unspecified atom stereocenters. The third-order valence-electron chi connectivity index (χ3n) is 5.00. The molecule has 0 saturated carbocycles. The van der Waals surface area contributed by atoms with Crippen molar-refractivity contribution >= 4 is 5.91 Å². The molecule has 4 rings (SSSR count). The lowest BCUT2D eigenvalue weighted by Gasteiger charge is -2.16. The summed E-state index contributed by atoms with van der Waals surface area (Å²) in [5, 5.41) is 4.07. The first-order valence-corrected chi connectivity index (χ1v) is 9.31. The van der Waals surface area contributed by atoms with Crippen LogP contribution in [0.5, 0.6) is 5.75 Å². The fourth-order valence-electron chi connectivity index (χ4n) is 3.43. The van der Waals surface area contributed by atoms with Gasteiger partial charge in [0.2, 0.25) is 11.7 Å². The van der Waals surface area contributed by atoms with Gasteiger partial charge in [0, 0.05) is 31.0 Å². The maximum absolute atomic E-state index is 12.6. The van der Waals surface area contributed by atoms with Crippen LogP contribution < -0.4 is 4.74 Å². The van der Waals surface area contributed by atoms with E-state index in [1.807, 2.05) is 43.3 Å². The first-order valence-electron chi connectivity index (χ1n) is 9.31. The quantitative estimate of drug-likeness (QED) is 0.679. The molecule has 144 valence electrons. The van der Waals surface area contributed by atoms with Crippen LogP contribution in [0, 0.1) is 12.8 Å². The van der Waals surface area contributed by atoms with Gasteiger partial charge in [-0.3, -0.25) is 9.78 Å². The van der Waals surface area contributed by atoms with Crippen LogP contribution in [-0.2, 0) is 4.79 Å². The number of benzene rings is 1. The van der Waals surface area contributed by atoms with E-state index in [0.717, 1.165) is 11.1 Å². The van der Waals surface area contributed by atoms with E-state index in [0.29, 0.717) is 30.6 Å². The fraction of sp³-hybridized carbons (Fsp3) is 0.333. The zero-order valence-corrected chi connectivity index (χ0v) is 15.9. The summed E-state index contributed by atoms with van der Waals surface area (Å²) in [6.07, 6.45) is 3.40. The van der Waals surface area contributed by atoms with Crippen molar-refractivity contribution < 1.29 is 14.1 Å². The van der Waals surface area contributed by atoms with E-state index in [2.05, 4.69) is 22.0 Å². The Morgan fingerprint density at radius 1 is 1.29 bits per heavy atom. The molecule has 1 aliphatic rings. The van der Waals surface area contributed by atoms with Gasteiger partial charge in [0.25, 0.3) is 5.91 Å². The van der Waals surface area contributed by atoms with Gasteiger partial charge in [-0.2, -0.15) is 4.98 Å². The van der Waals surface area contributed by atoms with Gasteiger partial charge in [0.1, 0.15) is 5.75 Å². The summed E-state index contributed by atoms with van der Waals surface area (Å²) in [5.74, 6) is 1.98. The smallest absolute Gasteiger partial charge is 0.260 e. The number of aryl methyl sites for hydroxylation is 1. The second-order valence-electron chi connectivity index (χ2n) is 7.19. The number of rotatable bonds is 5. The lowest BCUT2D eigenvalue weighted by molar-refractivity contribution is -0.132. The standard InChI is InChI=1S/C21H22N4O3/c1-14-5-3-7-17(9-14)27-13-19(26)25-11-15(2)18(12-25)21-23-20(24-28-21)16-6-4-8-22-10-16/h3-10,15,18H,11-13H2,1-2H3/t15-,18-/m0/s1. The number of hydrogen-bond donors (Lipinski definition) is 0. The van der Waals surface area contributed by atoms with Crippen molar-refractivity contribution in [2.75, 3.05) is 19.7 Å². The van der Waals surface area contributed by atoms with Crippen LogP contribution in [0.25, 0.3) is 11.4 Å². The number of pyridine rings is 1. The van der Waals surface area contributed by atoms with E-state index in [1.165, 1.54) is 0 Å². The number of carbonyl (C=O) groups excluding carboxylic acids is 1. The Kier molecular flexibility index (Phi) is 5.06. The van der Waals surface area contributed by atoms with Gasteiger partial charge in [0.05, 0.1) is 5.92 Å². The number of carbonyl (C=O) groups is 1. The molecule has 3 aromatic rings. The predicted octanol–water partition coefficient (Wildman–Crippen LogP) is 3.08. The Bertz CT molecular complexity index is 957. The van der Waals surface area contributed by atoms with Crippen molar-refractivity contribution in [3.8, 4) is 17.1 Å². The molecule has 0 N–H and O–H groups in total. The van der Waals surface area contributed by atoms with Crippen LogP contribution in [0.15, 0.2) is 53.3 Å². The highest BCUT2D eigenvalue weighted by Gasteiger charge is 2.37. The van der Waals surface area contributed by atoms with Crippen LogP contribution in [0.3, 0.4) is 0 Å². The van der Waals surface area contributed by atoms with Crippen LogP contribution in [0.4, 0.5) is 0 Å². The van der Waals surface area contributed by atoms with Gasteiger partial charge in [-0.1, -0.05) is 24.2 Å². The number of hydrogen-bond acceptors (Lipinski definition) is 6. The van der Waals surface area contributed by atoms with Crippen molar-refractivity contribution in [1.82, 2.24) is 20.0 Å². The summed E-state index contributed by atoms with van der Waals surface area (Å²) in [4.78, 5) is 23.0. The topological polar surface area (TPSA) is 81.4 Å². The molecule has 0 spiro atoms. The highest BCUT2D eigenvalue weighted by molar-refractivity contribution is 5.78. The number of aromatic nitrogens is 3. The van der Waals surface area contributed by atoms with Gasteiger partial charge in [0.15, 0.2) is 6.61 Å². The molecule has 1 saturated heterocycles. The molecule has 1 fully saturated rings. The van der Waals surface area contributed by atoms with Crippen LogP contribution in [-0.4, -0.2) is 45.6 Å².